The van der Waals surface area contributed by atoms with Crippen molar-refractivity contribution in [2.24, 2.45) is 0 Å². The fourth-order valence-electron chi connectivity index (χ4n) is 1.64. The zero-order valence-corrected chi connectivity index (χ0v) is 9.88. The highest BCUT2D eigenvalue weighted by Crippen LogP contribution is 2.23. The van der Waals surface area contributed by atoms with Crippen LogP contribution in [0.1, 0.15) is 11.3 Å². The Morgan fingerprint density at radius 1 is 1.18 bits per heavy atom. The van der Waals surface area contributed by atoms with Gasteiger partial charge in [-0.2, -0.15) is 5.26 Å². The summed E-state index contributed by atoms with van der Waals surface area (Å²) in [5.74, 6) is 0. The third-order valence-corrected chi connectivity index (χ3v) is 2.64. The van der Waals surface area contributed by atoms with Crippen LogP contribution in [0.4, 0.5) is 11.4 Å². The second kappa shape index (κ2) is 4.67. The smallest absolute Gasteiger partial charge is 0.140 e. The van der Waals surface area contributed by atoms with E-state index < -0.39 is 0 Å². The highest BCUT2D eigenvalue weighted by Gasteiger charge is 2.04. The lowest BCUT2D eigenvalue weighted by Crippen LogP contribution is -2.09. The number of hydrogen-bond donors (Lipinski definition) is 0. The molecule has 1 aromatic heterocycles. The molecule has 3 heteroatoms. The van der Waals surface area contributed by atoms with E-state index in [0.717, 1.165) is 11.4 Å². The number of rotatable bonds is 2. The monoisotopic (exact) mass is 223 g/mol. The maximum atomic E-state index is 8.69. The van der Waals surface area contributed by atoms with Crippen molar-refractivity contribution < 1.29 is 0 Å². The van der Waals surface area contributed by atoms with Gasteiger partial charge in [0, 0.05) is 12.7 Å². The molecular formula is C14H13N3. The maximum Gasteiger partial charge on any atom is 0.140 e. The highest BCUT2D eigenvalue weighted by molar-refractivity contribution is 5.62. The van der Waals surface area contributed by atoms with E-state index >= 15 is 0 Å². The van der Waals surface area contributed by atoms with Crippen LogP contribution < -0.4 is 4.90 Å². The van der Waals surface area contributed by atoms with Gasteiger partial charge in [0.25, 0.3) is 0 Å². The zero-order valence-electron chi connectivity index (χ0n) is 9.88. The molecule has 0 saturated carbocycles. The van der Waals surface area contributed by atoms with E-state index in [1.54, 1.807) is 12.3 Å². The van der Waals surface area contributed by atoms with E-state index in [1.807, 2.05) is 36.2 Å². The van der Waals surface area contributed by atoms with Gasteiger partial charge in [0.2, 0.25) is 0 Å². The number of aromatic nitrogens is 1. The van der Waals surface area contributed by atoms with Gasteiger partial charge in [-0.1, -0.05) is 12.1 Å². The Hall–Kier alpha value is -2.34. The summed E-state index contributed by atoms with van der Waals surface area (Å²) in [5, 5.41) is 8.69. The highest BCUT2D eigenvalue weighted by atomic mass is 15.1. The second-order valence-corrected chi connectivity index (χ2v) is 3.91. The fraction of sp³-hybridized carbons (Fsp3) is 0.143. The van der Waals surface area contributed by atoms with Crippen molar-refractivity contribution in [1.82, 2.24) is 4.98 Å². The summed E-state index contributed by atoms with van der Waals surface area (Å²) in [6.07, 6.45) is 1.71. The molecule has 3 nitrogen and oxygen atoms in total. The average molecular weight is 223 g/mol. The van der Waals surface area contributed by atoms with Crippen molar-refractivity contribution in [3.8, 4) is 6.07 Å². The van der Waals surface area contributed by atoms with E-state index in [9.17, 15) is 0 Å². The summed E-state index contributed by atoms with van der Waals surface area (Å²) in [5.41, 5.74) is 3.73. The number of hydrogen-bond acceptors (Lipinski definition) is 3. The van der Waals surface area contributed by atoms with E-state index in [-0.39, 0.29) is 0 Å². The van der Waals surface area contributed by atoms with Crippen LogP contribution in [0.25, 0.3) is 0 Å². The SMILES string of the molecule is Cc1cccc(N(C)c2ccc(C#N)nc2)c1. The Morgan fingerprint density at radius 2 is 2.00 bits per heavy atom. The number of nitrogens with zero attached hydrogens (tertiary/aromatic N) is 3. The molecule has 0 bridgehead atoms. The first-order chi connectivity index (χ1) is 8.20. The van der Waals surface area contributed by atoms with Crippen LogP contribution in [-0.2, 0) is 0 Å². The standard InChI is InChI=1S/C14H13N3/c1-11-4-3-5-13(8-11)17(2)14-7-6-12(9-15)16-10-14/h3-8,10H,1-2H3. The number of nitriles is 1. The Balaban J connectivity index is 2.30. The molecule has 0 atom stereocenters. The van der Waals surface area contributed by atoms with Gasteiger partial charge in [-0.15, -0.1) is 0 Å². The number of benzene rings is 1. The van der Waals surface area contributed by atoms with Gasteiger partial charge in [0.05, 0.1) is 11.9 Å². The van der Waals surface area contributed by atoms with Gasteiger partial charge in [0.1, 0.15) is 11.8 Å². The van der Waals surface area contributed by atoms with Crippen molar-refractivity contribution in [3.63, 3.8) is 0 Å². The summed E-state index contributed by atoms with van der Waals surface area (Å²) in [4.78, 5) is 6.11. The van der Waals surface area contributed by atoms with Crippen molar-refractivity contribution in [2.45, 2.75) is 6.92 Å². The quantitative estimate of drug-likeness (QED) is 0.785. The second-order valence-electron chi connectivity index (χ2n) is 3.91. The largest absolute Gasteiger partial charge is 0.343 e. The maximum absolute atomic E-state index is 8.69. The minimum Gasteiger partial charge on any atom is -0.343 e. The summed E-state index contributed by atoms with van der Waals surface area (Å²) in [6.45, 7) is 2.06. The third kappa shape index (κ3) is 2.43. The molecule has 2 aromatic rings. The van der Waals surface area contributed by atoms with E-state index in [0.29, 0.717) is 5.69 Å². The number of aryl methyl sites for hydroxylation is 1. The summed E-state index contributed by atoms with van der Waals surface area (Å²) < 4.78 is 0. The lowest BCUT2D eigenvalue weighted by atomic mass is 10.2. The van der Waals surface area contributed by atoms with Crippen LogP contribution >= 0.6 is 0 Å². The van der Waals surface area contributed by atoms with Crippen molar-refractivity contribution in [2.75, 3.05) is 11.9 Å². The molecule has 0 N–H and O–H groups in total. The van der Waals surface area contributed by atoms with E-state index in [1.165, 1.54) is 5.56 Å². The van der Waals surface area contributed by atoms with Gasteiger partial charge < -0.3 is 4.90 Å². The van der Waals surface area contributed by atoms with Crippen LogP contribution in [0.5, 0.6) is 0 Å². The lowest BCUT2D eigenvalue weighted by molar-refractivity contribution is 1.16. The summed E-state index contributed by atoms with van der Waals surface area (Å²) >= 11 is 0. The van der Waals surface area contributed by atoms with Crippen LogP contribution in [0, 0.1) is 18.3 Å². The summed E-state index contributed by atoms with van der Waals surface area (Å²) in [6, 6.07) is 13.9. The van der Waals surface area contributed by atoms with Gasteiger partial charge in [-0.25, -0.2) is 4.98 Å². The molecule has 0 unspecified atom stereocenters. The third-order valence-electron chi connectivity index (χ3n) is 2.64. The van der Waals surface area contributed by atoms with Gasteiger partial charge >= 0.3 is 0 Å². The molecule has 0 amide bonds. The van der Waals surface area contributed by atoms with Gasteiger partial charge in [-0.05, 0) is 36.8 Å². The molecule has 0 aliphatic carbocycles. The minimum atomic E-state index is 0.436. The molecule has 0 radical (unpaired) electrons. The molecule has 17 heavy (non-hydrogen) atoms. The Labute approximate surface area is 101 Å². The van der Waals surface area contributed by atoms with Crippen LogP contribution in [0.2, 0.25) is 0 Å². The van der Waals surface area contributed by atoms with Gasteiger partial charge in [-0.3, -0.25) is 0 Å². The molecule has 0 aliphatic rings. The normalized spacial score (nSPS) is 9.71. The average Bonchev–Trinajstić information content (AvgIpc) is 2.38. The first-order valence-electron chi connectivity index (χ1n) is 5.37. The molecular weight excluding hydrogens is 210 g/mol. The Morgan fingerprint density at radius 3 is 2.59 bits per heavy atom. The van der Waals surface area contributed by atoms with Crippen molar-refractivity contribution in [3.05, 3.63) is 53.9 Å². The number of pyridine rings is 1. The number of anilines is 2. The van der Waals surface area contributed by atoms with E-state index in [4.69, 9.17) is 5.26 Å². The molecule has 0 spiro atoms. The topological polar surface area (TPSA) is 39.9 Å². The Kier molecular flexibility index (Phi) is 3.06. The van der Waals surface area contributed by atoms with Crippen molar-refractivity contribution in [1.29, 1.82) is 5.26 Å². The predicted octanol–water partition coefficient (Wildman–Crippen LogP) is 3.03. The molecule has 1 heterocycles. The van der Waals surface area contributed by atoms with Gasteiger partial charge in [0.15, 0.2) is 0 Å². The fourth-order valence-corrected chi connectivity index (χ4v) is 1.64. The van der Waals surface area contributed by atoms with Crippen molar-refractivity contribution >= 4 is 11.4 Å². The molecule has 0 fully saturated rings. The zero-order chi connectivity index (χ0) is 12.3. The molecule has 0 saturated heterocycles. The lowest BCUT2D eigenvalue weighted by Gasteiger charge is -2.19. The molecule has 2 rings (SSSR count). The Bertz CT molecular complexity index is 552. The van der Waals surface area contributed by atoms with Crippen LogP contribution in [0.15, 0.2) is 42.6 Å². The van der Waals surface area contributed by atoms with Crippen LogP contribution in [0.3, 0.4) is 0 Å². The molecule has 1 aromatic carbocycles. The first kappa shape index (κ1) is 11.2. The first-order valence-corrected chi connectivity index (χ1v) is 5.37. The van der Waals surface area contributed by atoms with Crippen LogP contribution in [-0.4, -0.2) is 12.0 Å². The van der Waals surface area contributed by atoms with E-state index in [2.05, 4.69) is 24.0 Å². The summed E-state index contributed by atoms with van der Waals surface area (Å²) in [7, 11) is 1.98. The molecule has 84 valence electrons. The predicted molar refractivity (Wildman–Crippen MR) is 68.2 cm³/mol. The minimum absolute atomic E-state index is 0.436. The molecule has 0 aliphatic heterocycles.